The first kappa shape index (κ1) is 35.9. The van der Waals surface area contributed by atoms with Gasteiger partial charge in [-0.25, -0.2) is 14.4 Å². The Labute approximate surface area is 283 Å². The Hall–Kier alpha value is -4.92. The molecule has 3 aromatic heterocycles. The van der Waals surface area contributed by atoms with Crippen LogP contribution in [0.3, 0.4) is 0 Å². The molecule has 0 unspecified atom stereocenters. The van der Waals surface area contributed by atoms with Crippen LogP contribution in [-0.2, 0) is 53.1 Å². The number of carbonyl (C=O) groups excluding carboxylic acids is 3. The molecule has 0 radical (unpaired) electrons. The summed E-state index contributed by atoms with van der Waals surface area (Å²) in [4.78, 5) is 37.9. The summed E-state index contributed by atoms with van der Waals surface area (Å²) in [5.74, 6) is -1.05. The highest BCUT2D eigenvalue weighted by atomic mass is 16.5. The van der Waals surface area contributed by atoms with Crippen LogP contribution in [0.1, 0.15) is 106 Å². The fraction of sp³-hybridized carbons (Fsp3) is 0.385. The van der Waals surface area contributed by atoms with Crippen LogP contribution in [0.4, 0.5) is 0 Å². The number of rotatable bonds is 15. The number of aromatic nitrogens is 3. The van der Waals surface area contributed by atoms with E-state index >= 15 is 0 Å². The van der Waals surface area contributed by atoms with Gasteiger partial charge in [0.1, 0.15) is 16.7 Å². The van der Waals surface area contributed by atoms with Gasteiger partial charge in [0.2, 0.25) is 0 Å². The molecule has 0 saturated heterocycles. The van der Waals surface area contributed by atoms with Gasteiger partial charge in [-0.1, -0.05) is 20.8 Å². The van der Waals surface area contributed by atoms with Crippen molar-refractivity contribution in [3.63, 3.8) is 0 Å². The number of nitrogens with zero attached hydrogens (tertiary/aromatic N) is 3. The molecule has 4 aromatic rings. The molecule has 0 fully saturated rings. The Morgan fingerprint density at radius 2 is 0.729 bits per heavy atom. The van der Waals surface area contributed by atoms with E-state index in [2.05, 4.69) is 20.8 Å². The third-order valence-electron chi connectivity index (χ3n) is 8.38. The quantitative estimate of drug-likeness (QED) is 0.103. The summed E-state index contributed by atoms with van der Waals surface area (Å²) in [6.07, 6.45) is 13.9. The molecular weight excluding hydrogens is 606 g/mol. The highest BCUT2D eigenvalue weighted by Crippen LogP contribution is 2.31. The molecule has 3 heterocycles. The molecular formula is C39H48N3O6+3. The van der Waals surface area contributed by atoms with Gasteiger partial charge in [-0.05, 0) is 74.9 Å². The zero-order chi connectivity index (χ0) is 34.6. The standard InChI is InChI=1S/C39H48N3O6/c1-7-31-34(25-40-19-13-16-28(22-40)37(43)46-10-4)32(8-2)36(27-42-21-15-18-30(24-42)39(45)48-12-6)33(9-3)35(31)26-41-20-14-17-29(23-41)38(44)47-11-5/h13-24H,7-12,25-27H2,1-6H3/q+3. The molecule has 48 heavy (non-hydrogen) atoms. The van der Waals surface area contributed by atoms with E-state index in [1.807, 2.05) is 69.1 Å². The molecule has 0 aliphatic rings. The molecule has 0 N–H and O–H groups in total. The Morgan fingerprint density at radius 1 is 0.458 bits per heavy atom. The lowest BCUT2D eigenvalue weighted by atomic mass is 9.83. The highest BCUT2D eigenvalue weighted by Gasteiger charge is 2.28. The maximum Gasteiger partial charge on any atom is 0.344 e. The fourth-order valence-electron chi connectivity index (χ4n) is 6.36. The van der Waals surface area contributed by atoms with Crippen LogP contribution in [0, 0.1) is 0 Å². The molecule has 0 atom stereocenters. The maximum absolute atomic E-state index is 12.6. The van der Waals surface area contributed by atoms with Crippen molar-refractivity contribution in [2.45, 2.75) is 80.4 Å². The molecule has 0 bridgehead atoms. The van der Waals surface area contributed by atoms with E-state index in [0.29, 0.717) is 56.1 Å². The van der Waals surface area contributed by atoms with E-state index in [1.165, 1.54) is 33.4 Å². The van der Waals surface area contributed by atoms with Crippen LogP contribution >= 0.6 is 0 Å². The number of pyridine rings is 3. The minimum absolute atomic E-state index is 0.308. The van der Waals surface area contributed by atoms with Gasteiger partial charge in [0.15, 0.2) is 56.8 Å². The largest absolute Gasteiger partial charge is 0.462 e. The zero-order valence-corrected chi connectivity index (χ0v) is 29.1. The van der Waals surface area contributed by atoms with Gasteiger partial charge in [-0.2, -0.15) is 13.7 Å². The fourth-order valence-corrected chi connectivity index (χ4v) is 6.36. The third-order valence-corrected chi connectivity index (χ3v) is 8.38. The molecule has 0 aliphatic carbocycles. The van der Waals surface area contributed by atoms with Crippen molar-refractivity contribution in [1.29, 1.82) is 0 Å². The molecule has 0 amide bonds. The SMILES string of the molecule is CCOC(=O)c1ccc[n+](Cc2c(CC)c(C[n+]3cccc(C(=O)OCC)c3)c(CC)c(C[n+]3cccc(C(=O)OCC)c3)c2CC)c1. The van der Waals surface area contributed by atoms with E-state index in [4.69, 9.17) is 14.2 Å². The Kier molecular flexibility index (Phi) is 12.9. The molecule has 252 valence electrons. The first-order valence-electron chi connectivity index (χ1n) is 16.9. The number of esters is 3. The lowest BCUT2D eigenvalue weighted by molar-refractivity contribution is -0.690. The van der Waals surface area contributed by atoms with E-state index < -0.39 is 0 Å². The Balaban J connectivity index is 1.93. The van der Waals surface area contributed by atoms with Crippen LogP contribution < -0.4 is 13.7 Å². The normalized spacial score (nSPS) is 10.9. The number of carbonyl (C=O) groups is 3. The van der Waals surface area contributed by atoms with Crippen molar-refractivity contribution in [2.75, 3.05) is 19.8 Å². The second-order valence-electron chi connectivity index (χ2n) is 11.4. The first-order chi connectivity index (χ1) is 23.3. The van der Waals surface area contributed by atoms with Crippen molar-refractivity contribution in [3.05, 3.63) is 124 Å². The predicted octanol–water partition coefficient (Wildman–Crippen LogP) is 4.91. The van der Waals surface area contributed by atoms with Crippen LogP contribution in [0.15, 0.2) is 73.6 Å². The van der Waals surface area contributed by atoms with Crippen molar-refractivity contribution < 1.29 is 42.3 Å². The minimum atomic E-state index is -0.350. The average Bonchev–Trinajstić information content (AvgIpc) is 3.09. The minimum Gasteiger partial charge on any atom is -0.462 e. The smallest absolute Gasteiger partial charge is 0.344 e. The number of hydrogen-bond acceptors (Lipinski definition) is 6. The summed E-state index contributed by atoms with van der Waals surface area (Å²) in [5, 5.41) is 0. The number of ether oxygens (including phenoxy) is 3. The van der Waals surface area contributed by atoms with Gasteiger partial charge in [-0.3, -0.25) is 0 Å². The highest BCUT2D eigenvalue weighted by molar-refractivity contribution is 5.89. The predicted molar refractivity (Wildman–Crippen MR) is 180 cm³/mol. The molecule has 0 saturated carbocycles. The van der Waals surface area contributed by atoms with Gasteiger partial charge in [0, 0.05) is 34.9 Å². The van der Waals surface area contributed by atoms with Crippen molar-refractivity contribution in [3.8, 4) is 0 Å². The lowest BCUT2D eigenvalue weighted by Gasteiger charge is -2.23. The summed E-state index contributed by atoms with van der Waals surface area (Å²) in [6.45, 7) is 14.5. The van der Waals surface area contributed by atoms with Gasteiger partial charge >= 0.3 is 17.9 Å². The first-order valence-corrected chi connectivity index (χ1v) is 16.9. The second kappa shape index (κ2) is 17.3. The average molecular weight is 655 g/mol. The topological polar surface area (TPSA) is 90.5 Å². The molecule has 9 nitrogen and oxygen atoms in total. The van der Waals surface area contributed by atoms with Gasteiger partial charge in [0.05, 0.1) is 19.8 Å². The summed E-state index contributed by atoms with van der Waals surface area (Å²) in [6, 6.07) is 10.9. The summed E-state index contributed by atoms with van der Waals surface area (Å²) >= 11 is 0. The van der Waals surface area contributed by atoms with E-state index in [0.717, 1.165) is 19.3 Å². The summed E-state index contributed by atoms with van der Waals surface area (Å²) in [7, 11) is 0. The van der Waals surface area contributed by atoms with Crippen LogP contribution in [-0.4, -0.2) is 37.7 Å². The van der Waals surface area contributed by atoms with Crippen LogP contribution in [0.5, 0.6) is 0 Å². The second-order valence-corrected chi connectivity index (χ2v) is 11.4. The summed E-state index contributed by atoms with van der Waals surface area (Å²) < 4.78 is 22.0. The maximum atomic E-state index is 12.6. The third kappa shape index (κ3) is 8.51. The lowest BCUT2D eigenvalue weighted by Crippen LogP contribution is -2.40. The zero-order valence-electron chi connectivity index (χ0n) is 29.1. The summed E-state index contributed by atoms with van der Waals surface area (Å²) in [5.41, 5.74) is 8.87. The van der Waals surface area contributed by atoms with E-state index in [1.54, 1.807) is 39.0 Å². The number of benzene rings is 1. The molecule has 0 spiro atoms. The van der Waals surface area contributed by atoms with Crippen LogP contribution in [0.2, 0.25) is 0 Å². The van der Waals surface area contributed by atoms with Crippen LogP contribution in [0.25, 0.3) is 0 Å². The van der Waals surface area contributed by atoms with Gasteiger partial charge < -0.3 is 14.2 Å². The molecule has 1 aromatic carbocycles. The number of hydrogen-bond donors (Lipinski definition) is 0. The Bertz CT molecular complexity index is 1540. The van der Waals surface area contributed by atoms with E-state index in [-0.39, 0.29) is 17.9 Å². The molecule has 4 rings (SSSR count). The van der Waals surface area contributed by atoms with Crippen molar-refractivity contribution in [1.82, 2.24) is 0 Å². The van der Waals surface area contributed by atoms with Gasteiger partial charge in [-0.15, -0.1) is 0 Å². The van der Waals surface area contributed by atoms with Crippen molar-refractivity contribution in [2.24, 2.45) is 0 Å². The monoisotopic (exact) mass is 654 g/mol. The van der Waals surface area contributed by atoms with Gasteiger partial charge in [0.25, 0.3) is 0 Å². The van der Waals surface area contributed by atoms with E-state index in [9.17, 15) is 14.4 Å². The van der Waals surface area contributed by atoms with Crippen molar-refractivity contribution >= 4 is 17.9 Å². The molecule has 9 heteroatoms. The Morgan fingerprint density at radius 3 is 0.958 bits per heavy atom. The molecule has 0 aliphatic heterocycles.